The Hall–Kier alpha value is -0.860. The van der Waals surface area contributed by atoms with Crippen LogP contribution in [0.25, 0.3) is 0 Å². The van der Waals surface area contributed by atoms with Crippen molar-refractivity contribution < 1.29 is 0 Å². The Morgan fingerprint density at radius 1 is 0.952 bits per heavy atom. The predicted octanol–water partition coefficient (Wildman–Crippen LogP) is 3.85. The first kappa shape index (κ1) is 16.5. The molecule has 2 heteroatoms. The minimum Gasteiger partial charge on any atom is -0.316 e. The van der Waals surface area contributed by atoms with E-state index in [-0.39, 0.29) is 0 Å². The summed E-state index contributed by atoms with van der Waals surface area (Å²) in [7, 11) is 0. The number of benzene rings is 1. The Morgan fingerprint density at radius 3 is 2.19 bits per heavy atom. The molecule has 2 rings (SSSR count). The van der Waals surface area contributed by atoms with E-state index in [1.807, 2.05) is 0 Å². The zero-order valence-corrected chi connectivity index (χ0v) is 13.9. The second-order valence-corrected chi connectivity index (χ2v) is 6.85. The molecule has 0 saturated carbocycles. The molecule has 1 heterocycles. The molecule has 1 saturated heterocycles. The number of hydrogen-bond acceptors (Lipinski definition) is 2. The van der Waals surface area contributed by atoms with E-state index in [0.717, 1.165) is 32.0 Å². The van der Waals surface area contributed by atoms with Gasteiger partial charge in [0.25, 0.3) is 0 Å². The van der Waals surface area contributed by atoms with Gasteiger partial charge in [0.2, 0.25) is 0 Å². The van der Waals surface area contributed by atoms with Crippen LogP contribution in [0.4, 0.5) is 0 Å². The summed E-state index contributed by atoms with van der Waals surface area (Å²) in [6.45, 7) is 10.4. The van der Waals surface area contributed by atoms with E-state index in [1.165, 1.54) is 49.9 Å². The van der Waals surface area contributed by atoms with Crippen LogP contribution in [0.1, 0.15) is 50.7 Å². The van der Waals surface area contributed by atoms with E-state index in [9.17, 15) is 0 Å². The molecule has 0 aromatic heterocycles. The molecule has 2 nitrogen and oxygen atoms in total. The van der Waals surface area contributed by atoms with Crippen molar-refractivity contribution in [2.24, 2.45) is 5.92 Å². The van der Waals surface area contributed by atoms with Gasteiger partial charge in [0.05, 0.1) is 0 Å². The molecular formula is C19H32N2. The van der Waals surface area contributed by atoms with Crippen LogP contribution in [0, 0.1) is 5.92 Å². The molecule has 118 valence electrons. The van der Waals surface area contributed by atoms with Gasteiger partial charge < -0.3 is 5.32 Å². The minimum absolute atomic E-state index is 0.737. The lowest BCUT2D eigenvalue weighted by Crippen LogP contribution is -2.24. The third kappa shape index (κ3) is 6.62. The van der Waals surface area contributed by atoms with Gasteiger partial charge in [-0.05, 0) is 62.5 Å². The van der Waals surface area contributed by atoms with Crippen LogP contribution < -0.4 is 5.32 Å². The van der Waals surface area contributed by atoms with Gasteiger partial charge >= 0.3 is 0 Å². The Labute approximate surface area is 130 Å². The van der Waals surface area contributed by atoms with Gasteiger partial charge in [-0.1, -0.05) is 51.0 Å². The summed E-state index contributed by atoms with van der Waals surface area (Å²) in [4.78, 5) is 2.62. The molecule has 0 atom stereocenters. The van der Waals surface area contributed by atoms with Crippen LogP contribution in [-0.4, -0.2) is 31.1 Å². The number of nitrogens with one attached hydrogen (secondary N) is 1. The Kier molecular flexibility index (Phi) is 7.25. The van der Waals surface area contributed by atoms with Crippen molar-refractivity contribution >= 4 is 0 Å². The zero-order chi connectivity index (χ0) is 14.9. The lowest BCUT2D eigenvalue weighted by molar-refractivity contribution is 0.277. The van der Waals surface area contributed by atoms with E-state index in [2.05, 4.69) is 48.3 Å². The van der Waals surface area contributed by atoms with Crippen LogP contribution in [0.5, 0.6) is 0 Å². The molecule has 0 amide bonds. The van der Waals surface area contributed by atoms with Crippen molar-refractivity contribution in [2.45, 2.75) is 52.5 Å². The van der Waals surface area contributed by atoms with Crippen molar-refractivity contribution in [3.05, 3.63) is 35.4 Å². The summed E-state index contributed by atoms with van der Waals surface area (Å²) < 4.78 is 0. The average Bonchev–Trinajstić information content (AvgIpc) is 2.74. The quantitative estimate of drug-likeness (QED) is 0.767. The minimum atomic E-state index is 0.737. The Bertz CT molecular complexity index is 375. The first-order chi connectivity index (χ1) is 10.2. The maximum absolute atomic E-state index is 3.51. The van der Waals surface area contributed by atoms with Gasteiger partial charge in [-0.3, -0.25) is 4.90 Å². The maximum atomic E-state index is 3.51. The second-order valence-electron chi connectivity index (χ2n) is 6.85. The van der Waals surface area contributed by atoms with Gasteiger partial charge in [-0.2, -0.15) is 0 Å². The highest BCUT2D eigenvalue weighted by Crippen LogP contribution is 2.14. The van der Waals surface area contributed by atoms with E-state index in [0.29, 0.717) is 0 Å². The van der Waals surface area contributed by atoms with Crippen molar-refractivity contribution in [3.8, 4) is 0 Å². The van der Waals surface area contributed by atoms with Crippen LogP contribution in [0.2, 0.25) is 0 Å². The predicted molar refractivity (Wildman–Crippen MR) is 91.6 cm³/mol. The Morgan fingerprint density at radius 2 is 1.57 bits per heavy atom. The highest BCUT2D eigenvalue weighted by atomic mass is 15.1. The first-order valence-corrected chi connectivity index (χ1v) is 8.75. The molecule has 0 spiro atoms. The molecule has 0 aliphatic carbocycles. The van der Waals surface area contributed by atoms with Gasteiger partial charge in [-0.15, -0.1) is 0 Å². The largest absolute Gasteiger partial charge is 0.316 e. The fraction of sp³-hybridized carbons (Fsp3) is 0.684. The molecule has 1 aliphatic rings. The molecule has 1 aromatic carbocycles. The van der Waals surface area contributed by atoms with E-state index < -0.39 is 0 Å². The monoisotopic (exact) mass is 288 g/mol. The van der Waals surface area contributed by atoms with Crippen LogP contribution in [0.15, 0.2) is 24.3 Å². The summed E-state index contributed by atoms with van der Waals surface area (Å²) >= 11 is 0. The molecule has 0 bridgehead atoms. The fourth-order valence-electron chi connectivity index (χ4n) is 2.99. The summed E-state index contributed by atoms with van der Waals surface area (Å²) in [6, 6.07) is 9.26. The summed E-state index contributed by atoms with van der Waals surface area (Å²) in [5, 5.41) is 3.51. The lowest BCUT2D eigenvalue weighted by atomic mass is 10.1. The molecule has 0 radical (unpaired) electrons. The smallest absolute Gasteiger partial charge is 0.0233 e. The van der Waals surface area contributed by atoms with Gasteiger partial charge in [-0.25, -0.2) is 0 Å². The third-order valence-electron chi connectivity index (χ3n) is 4.27. The third-order valence-corrected chi connectivity index (χ3v) is 4.27. The van der Waals surface area contributed by atoms with E-state index >= 15 is 0 Å². The highest BCUT2D eigenvalue weighted by Gasteiger charge is 2.09. The van der Waals surface area contributed by atoms with Gasteiger partial charge in [0.1, 0.15) is 0 Å². The van der Waals surface area contributed by atoms with E-state index in [4.69, 9.17) is 0 Å². The van der Waals surface area contributed by atoms with Gasteiger partial charge in [0.15, 0.2) is 0 Å². The van der Waals surface area contributed by atoms with Crippen molar-refractivity contribution in [2.75, 3.05) is 26.2 Å². The van der Waals surface area contributed by atoms with Crippen molar-refractivity contribution in [1.29, 1.82) is 0 Å². The van der Waals surface area contributed by atoms with E-state index in [1.54, 1.807) is 0 Å². The molecule has 1 aliphatic heterocycles. The zero-order valence-electron chi connectivity index (χ0n) is 13.9. The summed E-state index contributed by atoms with van der Waals surface area (Å²) in [5.74, 6) is 0.737. The van der Waals surface area contributed by atoms with Crippen LogP contribution >= 0.6 is 0 Å². The van der Waals surface area contributed by atoms with Gasteiger partial charge in [0, 0.05) is 6.54 Å². The maximum Gasteiger partial charge on any atom is 0.0233 e. The summed E-state index contributed by atoms with van der Waals surface area (Å²) in [6.07, 6.45) is 6.72. The number of rotatable bonds is 7. The molecular weight excluding hydrogens is 256 g/mol. The van der Waals surface area contributed by atoms with Crippen LogP contribution in [-0.2, 0) is 13.0 Å². The molecule has 0 unspecified atom stereocenters. The standard InChI is InChI=1S/C19H32N2/c1-17(2)15-20-12-11-18-7-9-19(10-8-18)16-21-13-5-3-4-6-14-21/h7-10,17,20H,3-6,11-16H2,1-2H3. The van der Waals surface area contributed by atoms with Crippen LogP contribution in [0.3, 0.4) is 0 Å². The topological polar surface area (TPSA) is 15.3 Å². The number of likely N-dealkylation sites (tertiary alicyclic amines) is 1. The average molecular weight is 288 g/mol. The lowest BCUT2D eigenvalue weighted by Gasteiger charge is -2.19. The highest BCUT2D eigenvalue weighted by molar-refractivity contribution is 5.22. The summed E-state index contributed by atoms with van der Waals surface area (Å²) in [5.41, 5.74) is 2.92. The second kappa shape index (κ2) is 9.22. The molecule has 1 N–H and O–H groups in total. The number of nitrogens with zero attached hydrogens (tertiary/aromatic N) is 1. The number of hydrogen-bond donors (Lipinski definition) is 1. The Balaban J connectivity index is 1.73. The SMILES string of the molecule is CC(C)CNCCc1ccc(CN2CCCCCC2)cc1. The normalized spacial score (nSPS) is 17.1. The van der Waals surface area contributed by atoms with Crippen molar-refractivity contribution in [3.63, 3.8) is 0 Å². The molecule has 21 heavy (non-hydrogen) atoms. The van der Waals surface area contributed by atoms with Crippen molar-refractivity contribution in [1.82, 2.24) is 10.2 Å². The molecule has 1 fully saturated rings. The fourth-order valence-corrected chi connectivity index (χ4v) is 2.99. The first-order valence-electron chi connectivity index (χ1n) is 8.75. The molecule has 1 aromatic rings.